The van der Waals surface area contributed by atoms with Crippen molar-refractivity contribution in [3.05, 3.63) is 48.0 Å². The summed E-state index contributed by atoms with van der Waals surface area (Å²) < 4.78 is 0. The van der Waals surface area contributed by atoms with Crippen molar-refractivity contribution < 1.29 is 4.79 Å². The van der Waals surface area contributed by atoms with Gasteiger partial charge in [-0.3, -0.25) is 4.79 Å². The Morgan fingerprint density at radius 1 is 1.41 bits per heavy atom. The molecule has 0 bridgehead atoms. The number of thiocarbonyl (C=S) groups is 1. The third-order valence-corrected chi connectivity index (χ3v) is 4.23. The van der Waals surface area contributed by atoms with Crippen LogP contribution in [0.5, 0.6) is 0 Å². The Kier molecular flexibility index (Phi) is 5.59. The summed E-state index contributed by atoms with van der Waals surface area (Å²) in [6, 6.07) is 9.92. The van der Waals surface area contributed by atoms with Crippen molar-refractivity contribution >= 4 is 34.0 Å². The molecule has 0 N–H and O–H groups in total. The maximum Gasteiger partial charge on any atom is 0.214 e. The van der Waals surface area contributed by atoms with Gasteiger partial charge in [0.2, 0.25) is 5.12 Å². The zero-order chi connectivity index (χ0) is 12.8. The number of carbonyl (C=O) groups excluding carboxylic acids is 1. The van der Waals surface area contributed by atoms with Crippen LogP contribution in [0.2, 0.25) is 0 Å². The second kappa shape index (κ2) is 6.72. The molecule has 1 nitrogen and oxygen atoms in total. The lowest BCUT2D eigenvalue weighted by atomic mass is 10.0. The van der Waals surface area contributed by atoms with E-state index in [1.54, 1.807) is 6.92 Å². The van der Waals surface area contributed by atoms with E-state index in [1.165, 1.54) is 11.8 Å². The van der Waals surface area contributed by atoms with Crippen molar-refractivity contribution in [1.82, 2.24) is 0 Å². The summed E-state index contributed by atoms with van der Waals surface area (Å²) in [4.78, 5) is 12.3. The molecule has 0 aromatic heterocycles. The van der Waals surface area contributed by atoms with E-state index in [0.717, 1.165) is 10.4 Å². The molecule has 0 heterocycles. The molecular formula is C14H16OS2. The highest BCUT2D eigenvalue weighted by atomic mass is 32.2. The van der Waals surface area contributed by atoms with Crippen LogP contribution in [0.4, 0.5) is 0 Å². The normalized spacial score (nSPS) is 11.9. The van der Waals surface area contributed by atoms with Gasteiger partial charge in [0.1, 0.15) is 0 Å². The molecule has 3 heteroatoms. The van der Waals surface area contributed by atoms with Gasteiger partial charge in [0, 0.05) is 16.5 Å². The Bertz CT molecular complexity index is 423. The molecule has 0 spiro atoms. The molecule has 0 saturated carbocycles. The smallest absolute Gasteiger partial charge is 0.214 e. The first-order chi connectivity index (χ1) is 8.02. The first-order valence-electron chi connectivity index (χ1n) is 5.44. The van der Waals surface area contributed by atoms with Crippen molar-refractivity contribution in [2.24, 2.45) is 5.92 Å². The quantitative estimate of drug-likeness (QED) is 0.456. The van der Waals surface area contributed by atoms with Gasteiger partial charge >= 0.3 is 0 Å². The summed E-state index contributed by atoms with van der Waals surface area (Å²) in [7, 11) is 0. The first-order valence-corrected chi connectivity index (χ1v) is 6.83. The molecular weight excluding hydrogens is 248 g/mol. The van der Waals surface area contributed by atoms with E-state index in [4.69, 9.17) is 12.2 Å². The average molecular weight is 264 g/mol. The molecule has 0 aliphatic heterocycles. The molecule has 0 aliphatic rings. The summed E-state index contributed by atoms with van der Waals surface area (Å²) in [5, 5.41) is 0.0488. The number of hydrogen-bond acceptors (Lipinski definition) is 3. The maximum absolute atomic E-state index is 11.4. The summed E-state index contributed by atoms with van der Waals surface area (Å²) >= 11 is 6.70. The summed E-state index contributed by atoms with van der Waals surface area (Å²) in [5.41, 5.74) is 1.66. The number of benzene rings is 1. The minimum Gasteiger partial charge on any atom is -0.282 e. The van der Waals surface area contributed by atoms with Crippen LogP contribution in [0.1, 0.15) is 19.4 Å². The van der Waals surface area contributed by atoms with Crippen molar-refractivity contribution in [3.63, 3.8) is 0 Å². The summed E-state index contributed by atoms with van der Waals surface area (Å²) in [5.74, 6) is 0.917. The maximum atomic E-state index is 11.4. The van der Waals surface area contributed by atoms with Gasteiger partial charge in [-0.15, -0.1) is 0 Å². The predicted octanol–water partition coefficient (Wildman–Crippen LogP) is 3.88. The van der Waals surface area contributed by atoms with Crippen molar-refractivity contribution in [1.29, 1.82) is 0 Å². The predicted molar refractivity (Wildman–Crippen MR) is 79.6 cm³/mol. The van der Waals surface area contributed by atoms with Crippen LogP contribution in [-0.2, 0) is 4.79 Å². The van der Waals surface area contributed by atoms with Crippen LogP contribution >= 0.6 is 24.0 Å². The third kappa shape index (κ3) is 4.44. The minimum absolute atomic E-state index is 0.0488. The molecule has 0 fully saturated rings. The number of thioether (sulfide) groups is 1. The molecule has 17 heavy (non-hydrogen) atoms. The van der Waals surface area contributed by atoms with Gasteiger partial charge < -0.3 is 0 Å². The van der Waals surface area contributed by atoms with E-state index in [1.807, 2.05) is 37.3 Å². The van der Waals surface area contributed by atoms with Gasteiger partial charge in [-0.1, -0.05) is 67.8 Å². The fraction of sp³-hybridized carbons (Fsp3) is 0.286. The van der Waals surface area contributed by atoms with Crippen LogP contribution in [0, 0.1) is 5.92 Å². The molecule has 1 aromatic carbocycles. The molecule has 0 saturated heterocycles. The monoisotopic (exact) mass is 264 g/mol. The van der Waals surface area contributed by atoms with Crippen LogP contribution < -0.4 is 0 Å². The fourth-order valence-electron chi connectivity index (χ4n) is 1.29. The van der Waals surface area contributed by atoms with E-state index >= 15 is 0 Å². The van der Waals surface area contributed by atoms with Crippen LogP contribution in [0.25, 0.3) is 0 Å². The van der Waals surface area contributed by atoms with E-state index in [-0.39, 0.29) is 11.0 Å². The lowest BCUT2D eigenvalue weighted by Gasteiger charge is -2.12. The van der Waals surface area contributed by atoms with E-state index in [2.05, 4.69) is 6.58 Å². The second-order valence-corrected chi connectivity index (χ2v) is 5.44. The molecule has 90 valence electrons. The average Bonchev–Trinajstić information content (AvgIpc) is 2.35. The Labute approximate surface area is 112 Å². The Morgan fingerprint density at radius 3 is 2.53 bits per heavy atom. The van der Waals surface area contributed by atoms with Gasteiger partial charge in [-0.2, -0.15) is 0 Å². The van der Waals surface area contributed by atoms with E-state index in [0.29, 0.717) is 11.3 Å². The summed E-state index contributed by atoms with van der Waals surface area (Å²) in [6.07, 6.45) is 0. The molecule has 0 radical (unpaired) electrons. The topological polar surface area (TPSA) is 17.1 Å². The highest BCUT2D eigenvalue weighted by Crippen LogP contribution is 2.18. The van der Waals surface area contributed by atoms with Gasteiger partial charge in [-0.25, -0.2) is 0 Å². The fourth-order valence-corrected chi connectivity index (χ4v) is 2.43. The Hall–Kier alpha value is -0.930. The van der Waals surface area contributed by atoms with Crippen molar-refractivity contribution in [2.45, 2.75) is 13.8 Å². The first kappa shape index (κ1) is 14.1. The van der Waals surface area contributed by atoms with Gasteiger partial charge in [0.05, 0.1) is 0 Å². The zero-order valence-electron chi connectivity index (χ0n) is 10.1. The number of hydrogen-bond donors (Lipinski definition) is 0. The van der Waals surface area contributed by atoms with Crippen LogP contribution in [0.3, 0.4) is 0 Å². The van der Waals surface area contributed by atoms with Crippen molar-refractivity contribution in [3.8, 4) is 0 Å². The Balaban J connectivity index is 2.54. The van der Waals surface area contributed by atoms with Gasteiger partial charge in [0.25, 0.3) is 0 Å². The lowest BCUT2D eigenvalue weighted by Crippen LogP contribution is -2.13. The molecule has 1 rings (SSSR count). The highest BCUT2D eigenvalue weighted by molar-refractivity contribution is 8.14. The van der Waals surface area contributed by atoms with Gasteiger partial charge in [-0.05, 0) is 18.1 Å². The molecule has 1 aromatic rings. The lowest BCUT2D eigenvalue weighted by molar-refractivity contribution is -0.107. The molecule has 1 unspecified atom stereocenters. The standard InChI is InChI=1S/C14H16OS2/c1-10(2)14(15)17-9-11(3)13(16)12-7-5-4-6-8-12/h4-8,11H,1,9H2,2-3H3. The number of carbonyl (C=O) groups is 1. The highest BCUT2D eigenvalue weighted by Gasteiger charge is 2.13. The summed E-state index contributed by atoms with van der Waals surface area (Å²) in [6.45, 7) is 7.41. The largest absolute Gasteiger partial charge is 0.282 e. The zero-order valence-corrected chi connectivity index (χ0v) is 11.7. The van der Waals surface area contributed by atoms with Gasteiger partial charge in [0.15, 0.2) is 0 Å². The second-order valence-electron chi connectivity index (χ2n) is 4.01. The van der Waals surface area contributed by atoms with Crippen molar-refractivity contribution in [2.75, 3.05) is 5.75 Å². The van der Waals surface area contributed by atoms with Crippen LogP contribution in [-0.4, -0.2) is 15.7 Å². The molecule has 1 atom stereocenters. The van der Waals surface area contributed by atoms with Crippen LogP contribution in [0.15, 0.2) is 42.5 Å². The number of rotatable bonds is 5. The van der Waals surface area contributed by atoms with E-state index < -0.39 is 0 Å². The molecule has 0 aliphatic carbocycles. The molecule has 0 amide bonds. The third-order valence-electron chi connectivity index (χ3n) is 2.32. The minimum atomic E-state index is 0.0488. The van der Waals surface area contributed by atoms with E-state index in [9.17, 15) is 4.79 Å². The SMILES string of the molecule is C=C(C)C(=O)SCC(C)C(=S)c1ccccc1. The Morgan fingerprint density at radius 2 is 2.00 bits per heavy atom.